The quantitative estimate of drug-likeness (QED) is 0.682. The molecule has 0 aliphatic carbocycles. The molecule has 0 spiro atoms. The zero-order valence-electron chi connectivity index (χ0n) is 8.91. The first-order valence-electron chi connectivity index (χ1n) is 4.71. The molecule has 1 aromatic carbocycles. The highest BCUT2D eigenvalue weighted by Gasteiger charge is 1.92. The average Bonchev–Trinajstić information content (AvgIpc) is 2.19. The predicted octanol–water partition coefficient (Wildman–Crippen LogP) is 3.09. The fourth-order valence-corrected chi connectivity index (χ4v) is 1.20. The lowest BCUT2D eigenvalue weighted by atomic mass is 10.2. The number of hydrogen-bond donors (Lipinski definition) is 0. The maximum Gasteiger partial charge on any atom is 0.118 e. The summed E-state index contributed by atoms with van der Waals surface area (Å²) in [5, 5.41) is 0. The summed E-state index contributed by atoms with van der Waals surface area (Å²) >= 11 is 0. The molecule has 2 heteroatoms. The van der Waals surface area contributed by atoms with Crippen molar-refractivity contribution in [2.75, 3.05) is 13.7 Å². The van der Waals surface area contributed by atoms with Gasteiger partial charge in [-0.05, 0) is 37.6 Å². The van der Waals surface area contributed by atoms with Crippen LogP contribution in [0.5, 0.6) is 5.75 Å². The third-order valence-electron chi connectivity index (χ3n) is 1.86. The minimum absolute atomic E-state index is 0.707. The average molecular weight is 192 g/mol. The molecule has 1 rings (SSSR count). The van der Waals surface area contributed by atoms with Gasteiger partial charge in [-0.25, -0.2) is 0 Å². The Morgan fingerprint density at radius 3 is 2.43 bits per heavy atom. The second kappa shape index (κ2) is 5.32. The highest BCUT2D eigenvalue weighted by molar-refractivity contribution is 5.52. The molecule has 0 radical (unpaired) electrons. The van der Waals surface area contributed by atoms with Crippen LogP contribution in [0.2, 0.25) is 0 Å². The Labute approximate surface area is 85.2 Å². The lowest BCUT2D eigenvalue weighted by molar-refractivity contribution is 0.235. The number of ether oxygens (including phenoxy) is 2. The van der Waals surface area contributed by atoms with Gasteiger partial charge in [0, 0.05) is 0 Å². The monoisotopic (exact) mass is 192 g/mol. The highest BCUT2D eigenvalue weighted by Crippen LogP contribution is 2.13. The van der Waals surface area contributed by atoms with E-state index in [1.54, 1.807) is 7.11 Å². The van der Waals surface area contributed by atoms with Gasteiger partial charge in [0.1, 0.15) is 5.75 Å². The van der Waals surface area contributed by atoms with Crippen LogP contribution in [0.15, 0.2) is 30.0 Å². The van der Waals surface area contributed by atoms with Crippen LogP contribution in [0.3, 0.4) is 0 Å². The van der Waals surface area contributed by atoms with E-state index in [0.717, 1.165) is 17.1 Å². The predicted molar refractivity (Wildman–Crippen MR) is 58.3 cm³/mol. The second-order valence-corrected chi connectivity index (χ2v) is 2.96. The number of rotatable bonds is 4. The Morgan fingerprint density at radius 2 is 1.93 bits per heavy atom. The summed E-state index contributed by atoms with van der Waals surface area (Å²) in [6.07, 6.45) is 2.00. The Morgan fingerprint density at radius 1 is 1.29 bits per heavy atom. The van der Waals surface area contributed by atoms with E-state index in [0.29, 0.717) is 6.61 Å². The zero-order valence-corrected chi connectivity index (χ0v) is 8.91. The van der Waals surface area contributed by atoms with Gasteiger partial charge < -0.3 is 9.47 Å². The van der Waals surface area contributed by atoms with E-state index < -0.39 is 0 Å². The molecule has 0 fully saturated rings. The zero-order chi connectivity index (χ0) is 10.4. The van der Waals surface area contributed by atoms with Gasteiger partial charge in [-0.1, -0.05) is 12.1 Å². The number of methoxy groups -OCH3 is 1. The van der Waals surface area contributed by atoms with Gasteiger partial charge in [-0.3, -0.25) is 0 Å². The lowest BCUT2D eigenvalue weighted by Gasteiger charge is -2.03. The molecule has 0 amide bonds. The Hall–Kier alpha value is -1.44. The van der Waals surface area contributed by atoms with Crippen molar-refractivity contribution in [3.05, 3.63) is 35.6 Å². The van der Waals surface area contributed by atoms with Crippen molar-refractivity contribution in [3.8, 4) is 5.75 Å². The molecule has 2 nitrogen and oxygen atoms in total. The van der Waals surface area contributed by atoms with Crippen LogP contribution in [0.25, 0.3) is 6.08 Å². The smallest absolute Gasteiger partial charge is 0.118 e. The van der Waals surface area contributed by atoms with Crippen molar-refractivity contribution in [3.63, 3.8) is 0 Å². The largest absolute Gasteiger partial charge is 0.499 e. The minimum atomic E-state index is 0.707. The van der Waals surface area contributed by atoms with Gasteiger partial charge in [0.2, 0.25) is 0 Å². The molecule has 0 aliphatic heterocycles. The summed E-state index contributed by atoms with van der Waals surface area (Å²) in [7, 11) is 1.66. The molecule has 0 atom stereocenters. The molecule has 14 heavy (non-hydrogen) atoms. The fraction of sp³-hybridized carbons (Fsp3) is 0.333. The molecule has 0 aliphatic rings. The van der Waals surface area contributed by atoms with Crippen molar-refractivity contribution < 1.29 is 9.47 Å². The third kappa shape index (κ3) is 3.13. The fourth-order valence-electron chi connectivity index (χ4n) is 1.20. The number of allylic oxidation sites excluding steroid dienone is 1. The SMILES string of the molecule is CCO/C(C)=C/c1ccc(OC)cc1. The van der Waals surface area contributed by atoms with Crippen molar-refractivity contribution >= 4 is 6.08 Å². The van der Waals surface area contributed by atoms with E-state index in [1.807, 2.05) is 44.2 Å². The van der Waals surface area contributed by atoms with Crippen molar-refractivity contribution in [2.45, 2.75) is 13.8 Å². The molecular weight excluding hydrogens is 176 g/mol. The summed E-state index contributed by atoms with van der Waals surface area (Å²) in [6, 6.07) is 7.87. The summed E-state index contributed by atoms with van der Waals surface area (Å²) in [6.45, 7) is 4.64. The minimum Gasteiger partial charge on any atom is -0.499 e. The molecule has 0 unspecified atom stereocenters. The molecule has 0 bridgehead atoms. The number of benzene rings is 1. The van der Waals surface area contributed by atoms with Gasteiger partial charge in [0.25, 0.3) is 0 Å². The van der Waals surface area contributed by atoms with Gasteiger partial charge in [0.05, 0.1) is 19.5 Å². The van der Waals surface area contributed by atoms with Gasteiger partial charge in [-0.15, -0.1) is 0 Å². The lowest BCUT2D eigenvalue weighted by Crippen LogP contribution is -1.86. The molecule has 76 valence electrons. The first kappa shape index (κ1) is 10.6. The second-order valence-electron chi connectivity index (χ2n) is 2.96. The molecule has 1 aromatic rings. The Kier molecular flexibility index (Phi) is 4.05. The summed E-state index contributed by atoms with van der Waals surface area (Å²) in [5.41, 5.74) is 1.12. The van der Waals surface area contributed by atoms with E-state index in [2.05, 4.69) is 0 Å². The van der Waals surface area contributed by atoms with Gasteiger partial charge in [0.15, 0.2) is 0 Å². The molecule has 0 aromatic heterocycles. The normalized spacial score (nSPS) is 11.2. The van der Waals surface area contributed by atoms with Crippen LogP contribution in [0.1, 0.15) is 19.4 Å². The standard InChI is InChI=1S/C12H16O2/c1-4-14-10(2)9-11-5-7-12(13-3)8-6-11/h5-9H,4H2,1-3H3/b10-9+. The van der Waals surface area contributed by atoms with Gasteiger partial charge >= 0.3 is 0 Å². The molecule has 0 N–H and O–H groups in total. The third-order valence-corrected chi connectivity index (χ3v) is 1.86. The van der Waals surface area contributed by atoms with E-state index >= 15 is 0 Å². The van der Waals surface area contributed by atoms with Crippen LogP contribution < -0.4 is 4.74 Å². The van der Waals surface area contributed by atoms with E-state index in [1.165, 1.54) is 0 Å². The maximum absolute atomic E-state index is 5.33. The molecule has 0 saturated heterocycles. The van der Waals surface area contributed by atoms with Crippen molar-refractivity contribution in [1.29, 1.82) is 0 Å². The van der Waals surface area contributed by atoms with E-state index in [-0.39, 0.29) is 0 Å². The van der Waals surface area contributed by atoms with Crippen LogP contribution in [-0.4, -0.2) is 13.7 Å². The topological polar surface area (TPSA) is 18.5 Å². The molecule has 0 saturated carbocycles. The van der Waals surface area contributed by atoms with Crippen molar-refractivity contribution in [1.82, 2.24) is 0 Å². The van der Waals surface area contributed by atoms with E-state index in [4.69, 9.17) is 9.47 Å². The van der Waals surface area contributed by atoms with Gasteiger partial charge in [-0.2, -0.15) is 0 Å². The summed E-state index contributed by atoms with van der Waals surface area (Å²) in [4.78, 5) is 0. The maximum atomic E-state index is 5.33. The van der Waals surface area contributed by atoms with E-state index in [9.17, 15) is 0 Å². The van der Waals surface area contributed by atoms with Crippen LogP contribution in [0, 0.1) is 0 Å². The molecular formula is C12H16O2. The van der Waals surface area contributed by atoms with Crippen LogP contribution >= 0.6 is 0 Å². The van der Waals surface area contributed by atoms with Crippen molar-refractivity contribution in [2.24, 2.45) is 0 Å². The van der Waals surface area contributed by atoms with Crippen LogP contribution in [0.4, 0.5) is 0 Å². The first-order chi connectivity index (χ1) is 6.76. The summed E-state index contributed by atoms with van der Waals surface area (Å²) in [5.74, 6) is 1.80. The number of hydrogen-bond acceptors (Lipinski definition) is 2. The first-order valence-corrected chi connectivity index (χ1v) is 4.71. The molecule has 0 heterocycles. The summed E-state index contributed by atoms with van der Waals surface area (Å²) < 4.78 is 10.4. The Balaban J connectivity index is 2.72. The highest BCUT2D eigenvalue weighted by atomic mass is 16.5. The Bertz CT molecular complexity index is 299. The van der Waals surface area contributed by atoms with Crippen LogP contribution in [-0.2, 0) is 4.74 Å².